The molecule has 0 aliphatic carbocycles. The fraction of sp³-hybridized carbons (Fsp3) is 0. The molecular weight excluding hydrogens is 229 g/mol. The Morgan fingerprint density at radius 3 is 1.86 bits per heavy atom. The molecule has 1 rings (SSSR count). The van der Waals surface area contributed by atoms with Crippen LogP contribution in [0, 0.1) is 0 Å². The molecule has 0 bridgehead atoms. The Bertz CT molecular complexity index is 231. The molecule has 1 amide bonds. The van der Waals surface area contributed by atoms with Crippen LogP contribution < -0.4 is 5.48 Å². The molecule has 0 atom stereocenters. The zero-order valence-electron chi connectivity index (χ0n) is 7.19. The predicted octanol–water partition coefficient (Wildman–Crippen LogP) is -1.67. The largest absolute Gasteiger partial charge is 0.412 e. The Morgan fingerprint density at radius 2 is 1.50 bits per heavy atom. The molecule has 14 heavy (non-hydrogen) atoms. The van der Waals surface area contributed by atoms with Gasteiger partial charge in [-0.25, -0.2) is 5.48 Å². The molecule has 7 heteroatoms. The van der Waals surface area contributed by atoms with Gasteiger partial charge in [-0.1, -0.05) is 18.2 Å². The van der Waals surface area contributed by atoms with Gasteiger partial charge in [0.1, 0.15) is 0 Å². The van der Waals surface area contributed by atoms with Gasteiger partial charge in [-0.2, -0.15) is 0 Å². The minimum absolute atomic E-state index is 0. The Morgan fingerprint density at radius 1 is 1.07 bits per heavy atom. The molecule has 0 heterocycles. The topological polar surface area (TPSA) is 144 Å². The summed E-state index contributed by atoms with van der Waals surface area (Å²) in [5.74, 6) is -0.486. The minimum atomic E-state index is -0.486. The molecule has 0 aliphatic heterocycles. The van der Waals surface area contributed by atoms with Crippen molar-refractivity contribution in [1.29, 1.82) is 0 Å². The molecule has 1 aromatic carbocycles. The van der Waals surface area contributed by atoms with Gasteiger partial charge in [0.25, 0.3) is 5.91 Å². The smallest absolute Gasteiger partial charge is 0.274 e. The molecule has 8 N–H and O–H groups in total. The maximum atomic E-state index is 10.7. The van der Waals surface area contributed by atoms with Crippen LogP contribution in [0.3, 0.4) is 0 Å². The summed E-state index contributed by atoms with van der Waals surface area (Å²) in [6.07, 6.45) is 0. The van der Waals surface area contributed by atoms with E-state index in [-0.39, 0.29) is 35.0 Å². The van der Waals surface area contributed by atoms with Gasteiger partial charge in [0.2, 0.25) is 0 Å². The van der Waals surface area contributed by atoms with Crippen molar-refractivity contribution in [3.8, 4) is 0 Å². The van der Waals surface area contributed by atoms with Gasteiger partial charge in [0.15, 0.2) is 0 Å². The molecular formula is C7H13NO5V. The van der Waals surface area contributed by atoms with E-state index in [0.717, 1.165) is 0 Å². The molecule has 0 saturated carbocycles. The molecule has 0 unspecified atom stereocenters. The summed E-state index contributed by atoms with van der Waals surface area (Å²) < 4.78 is 0. The van der Waals surface area contributed by atoms with Crippen molar-refractivity contribution in [2.24, 2.45) is 0 Å². The van der Waals surface area contributed by atoms with E-state index in [1.165, 1.54) is 0 Å². The van der Waals surface area contributed by atoms with E-state index in [4.69, 9.17) is 5.21 Å². The van der Waals surface area contributed by atoms with E-state index in [1.54, 1.807) is 35.8 Å². The quantitative estimate of drug-likeness (QED) is 0.448. The molecule has 1 aromatic rings. The van der Waals surface area contributed by atoms with Crippen LogP contribution in [0.2, 0.25) is 0 Å². The van der Waals surface area contributed by atoms with Crippen molar-refractivity contribution in [2.75, 3.05) is 0 Å². The first kappa shape index (κ1) is 23.2. The number of amides is 1. The van der Waals surface area contributed by atoms with Crippen molar-refractivity contribution < 1.29 is 45.0 Å². The summed E-state index contributed by atoms with van der Waals surface area (Å²) in [6.45, 7) is 0. The number of carbonyl (C=O) groups excluding carboxylic acids is 1. The van der Waals surface area contributed by atoms with Crippen molar-refractivity contribution in [2.45, 2.75) is 0 Å². The summed E-state index contributed by atoms with van der Waals surface area (Å²) in [7, 11) is 0. The standard InChI is InChI=1S/C7H7NO2.3H2O.V/c9-7(8-10)6-4-2-1-3-5-6;;;;/h1-5,10H,(H,8,9);3*1H2;. The maximum absolute atomic E-state index is 10.7. The van der Waals surface area contributed by atoms with Crippen LogP contribution in [-0.4, -0.2) is 27.5 Å². The first-order valence-electron chi connectivity index (χ1n) is 2.84. The number of hydroxylamine groups is 1. The molecule has 0 aliphatic rings. The minimum Gasteiger partial charge on any atom is -0.412 e. The van der Waals surface area contributed by atoms with Gasteiger partial charge in [-0.3, -0.25) is 10.0 Å². The van der Waals surface area contributed by atoms with Crippen LogP contribution in [0.5, 0.6) is 0 Å². The second-order valence-corrected chi connectivity index (χ2v) is 1.81. The normalized spacial score (nSPS) is 6.36. The van der Waals surface area contributed by atoms with E-state index in [2.05, 4.69) is 0 Å². The van der Waals surface area contributed by atoms with Crippen LogP contribution in [0.4, 0.5) is 0 Å². The second-order valence-electron chi connectivity index (χ2n) is 1.81. The molecule has 0 spiro atoms. The predicted molar refractivity (Wildman–Crippen MR) is 46.5 cm³/mol. The Kier molecular flexibility index (Phi) is 20.0. The third kappa shape index (κ3) is 6.61. The second kappa shape index (κ2) is 12.1. The zero-order chi connectivity index (χ0) is 7.40. The SMILES string of the molecule is O.O.O.O=C(NO)c1ccccc1.[V]. The molecule has 6 nitrogen and oxygen atoms in total. The number of rotatable bonds is 1. The number of hydrogen-bond acceptors (Lipinski definition) is 2. The van der Waals surface area contributed by atoms with Crippen molar-refractivity contribution in [1.82, 2.24) is 5.48 Å². The zero-order valence-corrected chi connectivity index (χ0v) is 8.59. The van der Waals surface area contributed by atoms with Crippen LogP contribution in [-0.2, 0) is 18.6 Å². The Labute approximate surface area is 92.7 Å². The van der Waals surface area contributed by atoms with Gasteiger partial charge in [-0.15, -0.1) is 0 Å². The molecule has 0 fully saturated rings. The van der Waals surface area contributed by atoms with Gasteiger partial charge >= 0.3 is 0 Å². The Balaban J connectivity index is -0.000000125. The average Bonchev–Trinajstić information content (AvgIpc) is 2.05. The number of nitrogens with one attached hydrogen (secondary N) is 1. The van der Waals surface area contributed by atoms with Crippen molar-refractivity contribution in [3.05, 3.63) is 35.9 Å². The summed E-state index contributed by atoms with van der Waals surface area (Å²) in [4.78, 5) is 10.7. The fourth-order valence-corrected chi connectivity index (χ4v) is 0.654. The molecule has 0 aromatic heterocycles. The van der Waals surface area contributed by atoms with Crippen LogP contribution in [0.25, 0.3) is 0 Å². The van der Waals surface area contributed by atoms with E-state index in [0.29, 0.717) is 5.56 Å². The van der Waals surface area contributed by atoms with Gasteiger partial charge in [0, 0.05) is 24.1 Å². The summed E-state index contributed by atoms with van der Waals surface area (Å²) >= 11 is 0. The maximum Gasteiger partial charge on any atom is 0.274 e. The van der Waals surface area contributed by atoms with Crippen molar-refractivity contribution >= 4 is 5.91 Å². The first-order valence-corrected chi connectivity index (χ1v) is 2.84. The third-order valence-corrected chi connectivity index (χ3v) is 1.14. The van der Waals surface area contributed by atoms with Gasteiger partial charge < -0.3 is 16.4 Å². The van der Waals surface area contributed by atoms with E-state index in [9.17, 15) is 4.79 Å². The van der Waals surface area contributed by atoms with Crippen LogP contribution in [0.15, 0.2) is 30.3 Å². The fourth-order valence-electron chi connectivity index (χ4n) is 0.654. The first-order chi connectivity index (χ1) is 4.84. The molecule has 1 radical (unpaired) electrons. The number of hydrogen-bond donors (Lipinski definition) is 2. The van der Waals surface area contributed by atoms with E-state index >= 15 is 0 Å². The Hall–Kier alpha value is -0.886. The van der Waals surface area contributed by atoms with E-state index in [1.807, 2.05) is 0 Å². The monoisotopic (exact) mass is 242 g/mol. The molecule has 81 valence electrons. The number of carbonyl (C=O) groups is 1. The molecule has 0 saturated heterocycles. The third-order valence-electron chi connectivity index (χ3n) is 1.14. The summed E-state index contributed by atoms with van der Waals surface area (Å²) in [6, 6.07) is 8.49. The average molecular weight is 242 g/mol. The number of benzene rings is 1. The van der Waals surface area contributed by atoms with Gasteiger partial charge in [0.05, 0.1) is 0 Å². The van der Waals surface area contributed by atoms with Gasteiger partial charge in [-0.05, 0) is 12.1 Å². The van der Waals surface area contributed by atoms with Crippen LogP contribution >= 0.6 is 0 Å². The summed E-state index contributed by atoms with van der Waals surface area (Å²) in [5, 5.41) is 8.19. The summed E-state index contributed by atoms with van der Waals surface area (Å²) in [5.41, 5.74) is 1.99. The van der Waals surface area contributed by atoms with Crippen LogP contribution in [0.1, 0.15) is 10.4 Å². The van der Waals surface area contributed by atoms with E-state index < -0.39 is 5.91 Å². The van der Waals surface area contributed by atoms with Crippen molar-refractivity contribution in [3.63, 3.8) is 0 Å².